The fourth-order valence-corrected chi connectivity index (χ4v) is 4.81. The Morgan fingerprint density at radius 3 is 2.44 bits per heavy atom. The summed E-state index contributed by atoms with van der Waals surface area (Å²) in [4.78, 5) is 17.8. The number of hydrogen-bond donors (Lipinski definition) is 1. The van der Waals surface area contributed by atoms with Gasteiger partial charge in [0.2, 0.25) is 0 Å². The van der Waals surface area contributed by atoms with Gasteiger partial charge < -0.3 is 9.30 Å². The molecule has 3 aromatic rings. The van der Waals surface area contributed by atoms with Gasteiger partial charge in [-0.1, -0.05) is 62.6 Å². The zero-order chi connectivity index (χ0) is 22.7. The molecule has 0 saturated heterocycles. The van der Waals surface area contributed by atoms with Gasteiger partial charge in [0.15, 0.2) is 0 Å². The van der Waals surface area contributed by atoms with Crippen molar-refractivity contribution in [3.63, 3.8) is 0 Å². The third kappa shape index (κ3) is 4.12. The van der Waals surface area contributed by atoms with Crippen LogP contribution in [0.25, 0.3) is 16.6 Å². The van der Waals surface area contributed by atoms with Gasteiger partial charge in [-0.05, 0) is 37.5 Å². The number of benzene rings is 2. The minimum atomic E-state index is -0.427. The number of aryl methyl sites for hydroxylation is 1. The summed E-state index contributed by atoms with van der Waals surface area (Å²) in [5.74, 6) is 1.13. The lowest BCUT2D eigenvalue weighted by molar-refractivity contribution is 0.0600. The number of methoxy groups -OCH3 is 1. The van der Waals surface area contributed by atoms with E-state index in [1.807, 2.05) is 42.5 Å². The van der Waals surface area contributed by atoms with Crippen molar-refractivity contribution in [2.24, 2.45) is 0 Å². The van der Waals surface area contributed by atoms with E-state index >= 15 is 0 Å². The highest BCUT2D eigenvalue weighted by Crippen LogP contribution is 2.35. The number of rotatable bonds is 6. The lowest BCUT2D eigenvalue weighted by atomic mass is 9.93. The summed E-state index contributed by atoms with van der Waals surface area (Å²) < 4.78 is 7.34. The summed E-state index contributed by atoms with van der Waals surface area (Å²) in [6, 6.07) is 13.2. The Labute approximate surface area is 189 Å². The lowest BCUT2D eigenvalue weighted by Crippen LogP contribution is -2.10. The highest BCUT2D eigenvalue weighted by Gasteiger charge is 2.25. The molecule has 1 aliphatic rings. The molecule has 166 valence electrons. The quantitative estimate of drug-likeness (QED) is 0.281. The summed E-state index contributed by atoms with van der Waals surface area (Å²) in [6.07, 6.45) is 7.38. The molecule has 0 amide bonds. The fourth-order valence-electron chi connectivity index (χ4n) is 4.81. The van der Waals surface area contributed by atoms with Crippen molar-refractivity contribution in [3.8, 4) is 0 Å². The molecule has 1 fully saturated rings. The normalized spacial score (nSPS) is 14.8. The van der Waals surface area contributed by atoms with E-state index < -0.39 is 5.97 Å². The van der Waals surface area contributed by atoms with E-state index in [0.29, 0.717) is 22.6 Å². The smallest absolute Gasteiger partial charge is 0.338 e. The van der Waals surface area contributed by atoms with E-state index in [0.717, 1.165) is 41.8 Å². The fraction of sp³-hybridized carbons (Fsp3) is 0.370. The molecule has 5 nitrogen and oxygen atoms in total. The Kier molecular flexibility index (Phi) is 6.54. The van der Waals surface area contributed by atoms with Crippen molar-refractivity contribution in [1.29, 1.82) is 5.41 Å². The van der Waals surface area contributed by atoms with Gasteiger partial charge >= 0.3 is 5.97 Å². The number of allylic oxidation sites excluding steroid dienone is 1. The molecule has 1 aliphatic carbocycles. The lowest BCUT2D eigenvalue weighted by Gasteiger charge is -2.16. The number of nitrogens with zero attached hydrogens (tertiary/aromatic N) is 2. The first-order chi connectivity index (χ1) is 15.5. The molecule has 32 heavy (non-hydrogen) atoms. The largest absolute Gasteiger partial charge is 0.465 e. The molecular weight excluding hydrogens is 398 g/mol. The van der Waals surface area contributed by atoms with E-state index in [4.69, 9.17) is 15.1 Å². The highest BCUT2D eigenvalue weighted by atomic mass is 16.5. The van der Waals surface area contributed by atoms with Crippen molar-refractivity contribution in [3.05, 3.63) is 71.6 Å². The first-order valence-electron chi connectivity index (χ1n) is 11.5. The maximum Gasteiger partial charge on any atom is 0.338 e. The summed E-state index contributed by atoms with van der Waals surface area (Å²) >= 11 is 0. The first kappa shape index (κ1) is 22.0. The minimum Gasteiger partial charge on any atom is -0.465 e. The third-order valence-electron chi connectivity index (χ3n) is 6.55. The molecule has 1 N–H and O–H groups in total. The monoisotopic (exact) mass is 429 g/mol. The van der Waals surface area contributed by atoms with Crippen LogP contribution in [-0.4, -0.2) is 28.3 Å². The number of carbonyl (C=O) groups is 1. The SMILES string of the molecule is C=C(C(=N)c1ccccc1)c1cc2nc(C3CCCCCC3)n(CC)c2cc1C(=O)OC. The van der Waals surface area contributed by atoms with Gasteiger partial charge in [-0.15, -0.1) is 0 Å². The molecule has 0 atom stereocenters. The van der Waals surface area contributed by atoms with Crippen LogP contribution in [0, 0.1) is 5.41 Å². The standard InChI is InChI=1S/C27H31N3O2/c1-4-30-24-17-22(27(31)32-3)21(18(2)25(28)19-12-10-7-11-13-19)16-23(24)29-26(30)20-14-8-5-6-9-15-20/h7,10-13,16-17,20,28H,2,4-6,8-9,14-15H2,1,3H3. The summed E-state index contributed by atoms with van der Waals surface area (Å²) in [5, 5.41) is 8.67. The number of ether oxygens (including phenoxy) is 1. The molecule has 1 saturated carbocycles. The molecule has 0 aliphatic heterocycles. The molecule has 0 bridgehead atoms. The van der Waals surface area contributed by atoms with Gasteiger partial charge in [0.1, 0.15) is 5.82 Å². The molecular formula is C27H31N3O2. The van der Waals surface area contributed by atoms with Gasteiger partial charge in [-0.2, -0.15) is 0 Å². The van der Waals surface area contributed by atoms with E-state index in [2.05, 4.69) is 18.1 Å². The first-order valence-corrected chi connectivity index (χ1v) is 11.5. The summed E-state index contributed by atoms with van der Waals surface area (Å²) in [5.41, 5.74) is 4.34. The van der Waals surface area contributed by atoms with Crippen molar-refractivity contribution < 1.29 is 9.53 Å². The second-order valence-electron chi connectivity index (χ2n) is 8.50. The van der Waals surface area contributed by atoms with E-state index in [9.17, 15) is 4.79 Å². The van der Waals surface area contributed by atoms with Crippen LogP contribution in [0.2, 0.25) is 0 Å². The minimum absolute atomic E-state index is 0.286. The van der Waals surface area contributed by atoms with E-state index in [-0.39, 0.29) is 5.71 Å². The van der Waals surface area contributed by atoms with Gasteiger partial charge in [0.25, 0.3) is 0 Å². The third-order valence-corrected chi connectivity index (χ3v) is 6.55. The number of esters is 1. The Balaban J connectivity index is 1.84. The maximum absolute atomic E-state index is 12.7. The molecule has 5 heteroatoms. The Morgan fingerprint density at radius 1 is 1.12 bits per heavy atom. The number of hydrogen-bond acceptors (Lipinski definition) is 4. The average molecular weight is 430 g/mol. The maximum atomic E-state index is 12.7. The Bertz CT molecular complexity index is 1150. The second kappa shape index (κ2) is 9.51. The van der Waals surface area contributed by atoms with Crippen LogP contribution in [0.15, 0.2) is 49.0 Å². The number of fused-ring (bicyclic) bond motifs is 1. The number of imidazole rings is 1. The summed E-state index contributed by atoms with van der Waals surface area (Å²) in [7, 11) is 1.38. The number of nitrogens with one attached hydrogen (secondary N) is 1. The van der Waals surface area contributed by atoms with Gasteiger partial charge in [-0.25, -0.2) is 9.78 Å². The predicted molar refractivity (Wildman–Crippen MR) is 129 cm³/mol. The van der Waals surface area contributed by atoms with Crippen molar-refractivity contribution in [2.45, 2.75) is 57.9 Å². The summed E-state index contributed by atoms with van der Waals surface area (Å²) in [6.45, 7) is 7.09. The van der Waals surface area contributed by atoms with Gasteiger partial charge in [-0.3, -0.25) is 5.41 Å². The molecule has 0 spiro atoms. The van der Waals surface area contributed by atoms with Crippen LogP contribution in [-0.2, 0) is 11.3 Å². The Hall–Kier alpha value is -3.21. The number of carbonyl (C=O) groups excluding carboxylic acids is 1. The van der Waals surface area contributed by atoms with Crippen LogP contribution >= 0.6 is 0 Å². The van der Waals surface area contributed by atoms with Crippen LogP contribution in [0.4, 0.5) is 0 Å². The molecule has 0 radical (unpaired) electrons. The van der Waals surface area contributed by atoms with Crippen molar-refractivity contribution in [2.75, 3.05) is 7.11 Å². The predicted octanol–water partition coefficient (Wildman–Crippen LogP) is 6.36. The van der Waals surface area contributed by atoms with E-state index in [1.54, 1.807) is 0 Å². The molecule has 4 rings (SSSR count). The van der Waals surface area contributed by atoms with E-state index in [1.165, 1.54) is 32.8 Å². The molecule has 0 unspecified atom stereocenters. The highest BCUT2D eigenvalue weighted by molar-refractivity contribution is 6.31. The van der Waals surface area contributed by atoms with Crippen LogP contribution < -0.4 is 0 Å². The van der Waals surface area contributed by atoms with Gasteiger partial charge in [0, 0.05) is 23.6 Å². The van der Waals surface area contributed by atoms with Crippen molar-refractivity contribution in [1.82, 2.24) is 9.55 Å². The molecule has 1 heterocycles. The zero-order valence-electron chi connectivity index (χ0n) is 19.0. The second-order valence-corrected chi connectivity index (χ2v) is 8.50. The molecule has 1 aromatic heterocycles. The van der Waals surface area contributed by atoms with Gasteiger partial charge in [0.05, 0.1) is 29.4 Å². The van der Waals surface area contributed by atoms with Crippen LogP contribution in [0.5, 0.6) is 0 Å². The topological polar surface area (TPSA) is 68.0 Å². The number of aromatic nitrogens is 2. The van der Waals surface area contributed by atoms with Crippen molar-refractivity contribution >= 4 is 28.3 Å². The van der Waals surface area contributed by atoms with Crippen LogP contribution in [0.1, 0.15) is 78.7 Å². The Morgan fingerprint density at radius 2 is 1.81 bits per heavy atom. The zero-order valence-corrected chi connectivity index (χ0v) is 19.0. The molecule has 2 aromatic carbocycles. The average Bonchev–Trinajstić information content (AvgIpc) is 2.99. The van der Waals surface area contributed by atoms with Crippen LogP contribution in [0.3, 0.4) is 0 Å².